The summed E-state index contributed by atoms with van der Waals surface area (Å²) in [5, 5.41) is 15.6. The highest BCUT2D eigenvalue weighted by Crippen LogP contribution is 2.25. The first kappa shape index (κ1) is 18.0. The van der Waals surface area contributed by atoms with E-state index in [1.807, 2.05) is 13.8 Å². The maximum absolute atomic E-state index is 11.7. The molecule has 0 aliphatic carbocycles. The van der Waals surface area contributed by atoms with Gasteiger partial charge in [-0.25, -0.2) is 4.79 Å². The molecule has 118 valence electrons. The van der Waals surface area contributed by atoms with E-state index in [1.54, 1.807) is 18.2 Å². The molecule has 1 aromatic carbocycles. The average Bonchev–Trinajstić information content (AvgIpc) is 2.40. The normalized spacial score (nSPS) is 12.3. The molecular weight excluding hydrogens is 315 g/mol. The zero-order valence-electron chi connectivity index (χ0n) is 12.0. The number of rotatable bonds is 7. The Kier molecular flexibility index (Phi) is 7.82. The summed E-state index contributed by atoms with van der Waals surface area (Å²) in [6.07, 6.45) is -0.760. The van der Waals surface area contributed by atoms with Crippen LogP contribution in [0.25, 0.3) is 0 Å². The number of anilines is 1. The molecule has 0 aromatic heterocycles. The first-order valence-corrected chi connectivity index (χ1v) is 7.39. The number of aliphatic hydroxyl groups is 1. The summed E-state index contributed by atoms with van der Waals surface area (Å²) in [6, 6.07) is 4.30. The van der Waals surface area contributed by atoms with Gasteiger partial charge < -0.3 is 20.5 Å². The van der Waals surface area contributed by atoms with Gasteiger partial charge in [0.05, 0.1) is 23.4 Å². The number of carbonyl (C=O) groups excluding carboxylic acids is 1. The van der Waals surface area contributed by atoms with Crippen LogP contribution in [0.1, 0.15) is 13.8 Å². The Bertz CT molecular complexity index is 470. The average molecular weight is 335 g/mol. The van der Waals surface area contributed by atoms with E-state index >= 15 is 0 Å². The lowest BCUT2D eigenvalue weighted by molar-refractivity contribution is 0.0274. The van der Waals surface area contributed by atoms with Crippen LogP contribution in [-0.2, 0) is 4.74 Å². The molecule has 3 N–H and O–H groups in total. The van der Waals surface area contributed by atoms with Crippen molar-refractivity contribution in [2.45, 2.75) is 20.0 Å². The van der Waals surface area contributed by atoms with E-state index in [2.05, 4.69) is 10.6 Å². The van der Waals surface area contributed by atoms with Crippen LogP contribution in [0.3, 0.4) is 0 Å². The molecule has 0 heterocycles. The van der Waals surface area contributed by atoms with Crippen LogP contribution < -0.4 is 10.6 Å². The van der Waals surface area contributed by atoms with Gasteiger partial charge in [0.25, 0.3) is 0 Å². The van der Waals surface area contributed by atoms with Gasteiger partial charge in [-0.1, -0.05) is 37.0 Å². The van der Waals surface area contributed by atoms with Gasteiger partial charge in [-0.05, 0) is 24.1 Å². The molecule has 0 fully saturated rings. The van der Waals surface area contributed by atoms with Crippen molar-refractivity contribution in [1.29, 1.82) is 0 Å². The number of benzene rings is 1. The van der Waals surface area contributed by atoms with Gasteiger partial charge in [0.2, 0.25) is 0 Å². The Hall–Kier alpha value is -1.01. The summed E-state index contributed by atoms with van der Waals surface area (Å²) in [5.74, 6) is 0.401. The first-order chi connectivity index (χ1) is 9.88. The molecule has 0 saturated heterocycles. The van der Waals surface area contributed by atoms with Crippen LogP contribution in [0.2, 0.25) is 10.0 Å². The van der Waals surface area contributed by atoms with E-state index in [1.165, 1.54) is 0 Å². The fourth-order valence-corrected chi connectivity index (χ4v) is 1.81. The van der Waals surface area contributed by atoms with Gasteiger partial charge in [-0.15, -0.1) is 0 Å². The lowest BCUT2D eigenvalue weighted by Crippen LogP contribution is -2.37. The molecular formula is C14H20Cl2N2O3. The minimum Gasteiger partial charge on any atom is -0.389 e. The zero-order valence-corrected chi connectivity index (χ0v) is 13.5. The Balaban J connectivity index is 2.32. The zero-order chi connectivity index (χ0) is 15.8. The quantitative estimate of drug-likeness (QED) is 0.717. The van der Waals surface area contributed by atoms with Gasteiger partial charge >= 0.3 is 6.03 Å². The van der Waals surface area contributed by atoms with Crippen LogP contribution in [0.15, 0.2) is 18.2 Å². The Morgan fingerprint density at radius 3 is 2.71 bits per heavy atom. The molecule has 1 atom stereocenters. The lowest BCUT2D eigenvalue weighted by Gasteiger charge is -2.14. The number of hydrogen-bond acceptors (Lipinski definition) is 3. The monoisotopic (exact) mass is 334 g/mol. The van der Waals surface area contributed by atoms with Crippen molar-refractivity contribution < 1.29 is 14.6 Å². The highest BCUT2D eigenvalue weighted by Gasteiger charge is 2.09. The predicted octanol–water partition coefficient (Wildman–Crippen LogP) is 3.15. The van der Waals surface area contributed by atoms with Crippen molar-refractivity contribution in [2.24, 2.45) is 5.92 Å². The molecule has 1 aromatic rings. The Labute approximate surface area is 134 Å². The van der Waals surface area contributed by atoms with Crippen LogP contribution in [-0.4, -0.2) is 37.0 Å². The van der Waals surface area contributed by atoms with Crippen molar-refractivity contribution in [2.75, 3.05) is 25.1 Å². The smallest absolute Gasteiger partial charge is 0.319 e. The molecule has 1 rings (SSSR count). The number of ether oxygens (including phenoxy) is 1. The maximum Gasteiger partial charge on any atom is 0.319 e. The molecule has 5 nitrogen and oxygen atoms in total. The van der Waals surface area contributed by atoms with Gasteiger partial charge in [0, 0.05) is 18.2 Å². The number of amides is 2. The van der Waals surface area contributed by atoms with Crippen LogP contribution in [0, 0.1) is 5.92 Å². The lowest BCUT2D eigenvalue weighted by atomic mass is 10.2. The second kappa shape index (κ2) is 9.10. The van der Waals surface area contributed by atoms with Crippen molar-refractivity contribution in [1.82, 2.24) is 5.32 Å². The van der Waals surface area contributed by atoms with Gasteiger partial charge in [-0.2, -0.15) is 0 Å². The van der Waals surface area contributed by atoms with Crippen LogP contribution in [0.4, 0.5) is 10.5 Å². The SMILES string of the molecule is CC(C)COCC(O)CNC(=O)Nc1cc(Cl)ccc1Cl. The van der Waals surface area contributed by atoms with Crippen LogP contribution >= 0.6 is 23.2 Å². The molecule has 0 spiro atoms. The second-order valence-electron chi connectivity index (χ2n) is 5.04. The number of aliphatic hydroxyl groups excluding tert-OH is 1. The predicted molar refractivity (Wildman–Crippen MR) is 85.1 cm³/mol. The first-order valence-electron chi connectivity index (χ1n) is 6.64. The Morgan fingerprint density at radius 2 is 2.05 bits per heavy atom. The molecule has 21 heavy (non-hydrogen) atoms. The van der Waals surface area contributed by atoms with E-state index in [-0.39, 0.29) is 13.2 Å². The molecule has 1 unspecified atom stereocenters. The van der Waals surface area contributed by atoms with Crippen molar-refractivity contribution in [3.05, 3.63) is 28.2 Å². The largest absolute Gasteiger partial charge is 0.389 e. The molecule has 2 amide bonds. The Morgan fingerprint density at radius 1 is 1.33 bits per heavy atom. The van der Waals surface area contributed by atoms with E-state index < -0.39 is 12.1 Å². The van der Waals surface area contributed by atoms with Crippen LogP contribution in [0.5, 0.6) is 0 Å². The van der Waals surface area contributed by atoms with E-state index in [9.17, 15) is 9.90 Å². The third kappa shape index (κ3) is 7.52. The number of hydrogen-bond donors (Lipinski definition) is 3. The van der Waals surface area contributed by atoms with Crippen molar-refractivity contribution >= 4 is 34.9 Å². The number of nitrogens with one attached hydrogen (secondary N) is 2. The van der Waals surface area contributed by atoms with Crippen molar-refractivity contribution in [3.8, 4) is 0 Å². The topological polar surface area (TPSA) is 70.6 Å². The highest BCUT2D eigenvalue weighted by molar-refractivity contribution is 6.35. The summed E-state index contributed by atoms with van der Waals surface area (Å²) < 4.78 is 5.28. The van der Waals surface area contributed by atoms with E-state index in [0.717, 1.165) is 0 Å². The fraction of sp³-hybridized carbons (Fsp3) is 0.500. The maximum atomic E-state index is 11.7. The highest BCUT2D eigenvalue weighted by atomic mass is 35.5. The molecule has 0 saturated carbocycles. The van der Waals surface area contributed by atoms with E-state index in [0.29, 0.717) is 28.3 Å². The fourth-order valence-electron chi connectivity index (χ4n) is 1.47. The minimum absolute atomic E-state index is 0.0854. The standard InChI is InChI=1S/C14H20Cl2N2O3/c1-9(2)7-21-8-11(19)6-17-14(20)18-13-5-10(15)3-4-12(13)16/h3-5,9,11,19H,6-8H2,1-2H3,(H2,17,18,20). The summed E-state index contributed by atoms with van der Waals surface area (Å²) in [7, 11) is 0. The summed E-state index contributed by atoms with van der Waals surface area (Å²) in [6.45, 7) is 4.87. The third-order valence-corrected chi connectivity index (χ3v) is 3.00. The molecule has 7 heteroatoms. The molecule has 0 radical (unpaired) electrons. The molecule has 0 bridgehead atoms. The van der Waals surface area contributed by atoms with Gasteiger partial charge in [-0.3, -0.25) is 0 Å². The van der Waals surface area contributed by atoms with Gasteiger partial charge in [0.1, 0.15) is 0 Å². The summed E-state index contributed by atoms with van der Waals surface area (Å²) in [5.41, 5.74) is 0.409. The third-order valence-electron chi connectivity index (χ3n) is 2.44. The second-order valence-corrected chi connectivity index (χ2v) is 5.89. The summed E-state index contributed by atoms with van der Waals surface area (Å²) >= 11 is 11.8. The number of carbonyl (C=O) groups is 1. The minimum atomic E-state index is -0.760. The number of halogens is 2. The molecule has 0 aliphatic heterocycles. The van der Waals surface area contributed by atoms with Crippen molar-refractivity contribution in [3.63, 3.8) is 0 Å². The van der Waals surface area contributed by atoms with Gasteiger partial charge in [0.15, 0.2) is 0 Å². The molecule has 0 aliphatic rings. The van der Waals surface area contributed by atoms with E-state index in [4.69, 9.17) is 27.9 Å². The number of urea groups is 1. The summed E-state index contributed by atoms with van der Waals surface area (Å²) in [4.78, 5) is 11.7.